The summed E-state index contributed by atoms with van der Waals surface area (Å²) in [7, 11) is 0. The molecule has 1 saturated carbocycles. The number of hydrogen-bond acceptors (Lipinski definition) is 2. The second-order valence-corrected chi connectivity index (χ2v) is 6.62. The highest BCUT2D eigenvalue weighted by Crippen LogP contribution is 2.23. The van der Waals surface area contributed by atoms with Crippen molar-refractivity contribution in [2.45, 2.75) is 38.1 Å². The fraction of sp³-hybridized carbons (Fsp3) is 0.300. The summed E-state index contributed by atoms with van der Waals surface area (Å²) in [5, 5.41) is 5.85. The zero-order chi connectivity index (χ0) is 16.5. The molecule has 0 atom stereocenters. The summed E-state index contributed by atoms with van der Waals surface area (Å²) in [6, 6.07) is 13.3. The molecule has 4 rings (SSSR count). The second-order valence-electron chi connectivity index (χ2n) is 6.62. The van der Waals surface area contributed by atoms with Gasteiger partial charge in [-0.05, 0) is 79.6 Å². The molecule has 0 unspecified atom stereocenters. The number of aryl methyl sites for hydroxylation is 2. The van der Waals surface area contributed by atoms with Crippen molar-refractivity contribution >= 4 is 17.5 Å². The van der Waals surface area contributed by atoms with Crippen LogP contribution in [0.4, 0.5) is 5.69 Å². The summed E-state index contributed by atoms with van der Waals surface area (Å²) in [5.74, 6) is -0.158. The number of amides is 2. The number of carbonyl (C=O) groups excluding carboxylic acids is 2. The number of fused-ring (bicyclic) bond motifs is 1. The minimum atomic E-state index is -0.111. The number of hydrogen-bond donors (Lipinski definition) is 2. The average molecular weight is 320 g/mol. The number of rotatable bonds is 4. The van der Waals surface area contributed by atoms with E-state index >= 15 is 0 Å². The van der Waals surface area contributed by atoms with E-state index in [2.05, 4.69) is 16.7 Å². The third-order valence-electron chi connectivity index (χ3n) is 4.68. The molecule has 2 N–H and O–H groups in total. The van der Waals surface area contributed by atoms with E-state index in [0.717, 1.165) is 25.7 Å². The number of nitrogens with one attached hydrogen (secondary N) is 2. The van der Waals surface area contributed by atoms with Crippen LogP contribution in [0.15, 0.2) is 42.5 Å². The zero-order valence-corrected chi connectivity index (χ0v) is 13.5. The molecule has 1 fully saturated rings. The van der Waals surface area contributed by atoms with Gasteiger partial charge in [0.15, 0.2) is 0 Å². The van der Waals surface area contributed by atoms with Crippen molar-refractivity contribution in [3.8, 4) is 0 Å². The Balaban J connectivity index is 1.42. The zero-order valence-electron chi connectivity index (χ0n) is 13.5. The molecule has 0 saturated heterocycles. The van der Waals surface area contributed by atoms with Gasteiger partial charge in [0, 0.05) is 22.9 Å². The summed E-state index contributed by atoms with van der Waals surface area (Å²) in [4.78, 5) is 24.4. The van der Waals surface area contributed by atoms with Crippen LogP contribution in [0.25, 0.3) is 0 Å². The van der Waals surface area contributed by atoms with Crippen LogP contribution in [0, 0.1) is 0 Å². The lowest BCUT2D eigenvalue weighted by atomic mass is 10.1. The van der Waals surface area contributed by atoms with Crippen molar-refractivity contribution in [3.63, 3.8) is 0 Å². The van der Waals surface area contributed by atoms with Crippen LogP contribution < -0.4 is 10.6 Å². The Kier molecular flexibility index (Phi) is 3.81. The van der Waals surface area contributed by atoms with Crippen LogP contribution in [0.2, 0.25) is 0 Å². The van der Waals surface area contributed by atoms with Crippen molar-refractivity contribution < 1.29 is 9.59 Å². The van der Waals surface area contributed by atoms with Crippen LogP contribution in [0.1, 0.15) is 51.1 Å². The van der Waals surface area contributed by atoms with E-state index in [-0.39, 0.29) is 11.8 Å². The summed E-state index contributed by atoms with van der Waals surface area (Å²) in [6.07, 6.45) is 5.48. The molecule has 2 aromatic carbocycles. The van der Waals surface area contributed by atoms with Gasteiger partial charge >= 0.3 is 0 Å². The monoisotopic (exact) mass is 320 g/mol. The Morgan fingerprint density at radius 1 is 0.833 bits per heavy atom. The van der Waals surface area contributed by atoms with Crippen LogP contribution in [0.3, 0.4) is 0 Å². The molecule has 0 bridgehead atoms. The SMILES string of the molecule is O=C(Nc1ccc(C(=O)NC2CC2)cc1)c1ccc2c(c1)CCC2. The molecule has 4 heteroatoms. The minimum Gasteiger partial charge on any atom is -0.349 e. The van der Waals surface area contributed by atoms with Crippen LogP contribution in [0.5, 0.6) is 0 Å². The highest BCUT2D eigenvalue weighted by Gasteiger charge is 2.23. The fourth-order valence-corrected chi connectivity index (χ4v) is 3.12. The first-order valence-corrected chi connectivity index (χ1v) is 8.53. The van der Waals surface area contributed by atoms with E-state index in [1.165, 1.54) is 17.5 Å². The Morgan fingerprint density at radius 3 is 2.29 bits per heavy atom. The van der Waals surface area contributed by atoms with Gasteiger partial charge in [0.2, 0.25) is 0 Å². The third-order valence-corrected chi connectivity index (χ3v) is 4.68. The van der Waals surface area contributed by atoms with Crippen LogP contribution in [-0.4, -0.2) is 17.9 Å². The standard InChI is InChI=1S/C20H20N2O2/c23-19(21-18-10-11-18)14-6-8-17(9-7-14)22-20(24)16-5-4-13-2-1-3-15(13)12-16/h4-9,12,18H,1-3,10-11H2,(H,21,23)(H,22,24). The number of anilines is 1. The molecule has 0 aliphatic heterocycles. The van der Waals surface area contributed by atoms with E-state index in [1.807, 2.05) is 12.1 Å². The molecule has 2 aliphatic rings. The molecule has 2 aliphatic carbocycles. The lowest BCUT2D eigenvalue weighted by Gasteiger charge is -2.08. The Hall–Kier alpha value is -2.62. The highest BCUT2D eigenvalue weighted by molar-refractivity contribution is 6.04. The predicted octanol–water partition coefficient (Wildman–Crippen LogP) is 3.32. The van der Waals surface area contributed by atoms with Crippen LogP contribution in [-0.2, 0) is 12.8 Å². The summed E-state index contributed by atoms with van der Waals surface area (Å²) in [5.41, 5.74) is 4.65. The molecule has 0 radical (unpaired) electrons. The molecule has 4 nitrogen and oxygen atoms in total. The van der Waals surface area contributed by atoms with Crippen molar-refractivity contribution in [1.82, 2.24) is 5.32 Å². The van der Waals surface area contributed by atoms with Gasteiger partial charge in [-0.2, -0.15) is 0 Å². The Labute approximate surface area is 141 Å². The molecule has 0 aromatic heterocycles. The summed E-state index contributed by atoms with van der Waals surface area (Å²) in [6.45, 7) is 0. The molecule has 122 valence electrons. The van der Waals surface area contributed by atoms with Gasteiger partial charge < -0.3 is 10.6 Å². The van der Waals surface area contributed by atoms with E-state index in [4.69, 9.17) is 0 Å². The molecule has 0 heterocycles. The molecule has 2 aromatic rings. The lowest BCUT2D eigenvalue weighted by Crippen LogP contribution is -2.25. The fourth-order valence-electron chi connectivity index (χ4n) is 3.12. The first-order valence-electron chi connectivity index (χ1n) is 8.53. The van der Waals surface area contributed by atoms with E-state index in [9.17, 15) is 9.59 Å². The quantitative estimate of drug-likeness (QED) is 0.908. The maximum absolute atomic E-state index is 12.4. The van der Waals surface area contributed by atoms with E-state index < -0.39 is 0 Å². The van der Waals surface area contributed by atoms with E-state index in [0.29, 0.717) is 22.9 Å². The minimum absolute atomic E-state index is 0.0472. The van der Waals surface area contributed by atoms with Crippen molar-refractivity contribution in [2.24, 2.45) is 0 Å². The topological polar surface area (TPSA) is 58.2 Å². The van der Waals surface area contributed by atoms with Gasteiger partial charge in [-0.3, -0.25) is 9.59 Å². The Bertz CT molecular complexity index is 792. The maximum atomic E-state index is 12.4. The van der Waals surface area contributed by atoms with Gasteiger partial charge in [0.25, 0.3) is 11.8 Å². The first-order chi connectivity index (χ1) is 11.7. The largest absolute Gasteiger partial charge is 0.349 e. The van der Waals surface area contributed by atoms with Gasteiger partial charge in [-0.25, -0.2) is 0 Å². The first kappa shape index (κ1) is 14.9. The van der Waals surface area contributed by atoms with Gasteiger partial charge in [0.1, 0.15) is 0 Å². The Morgan fingerprint density at radius 2 is 1.54 bits per heavy atom. The number of benzene rings is 2. The third kappa shape index (κ3) is 3.18. The normalized spacial score (nSPS) is 15.7. The summed E-state index contributed by atoms with van der Waals surface area (Å²) < 4.78 is 0. The van der Waals surface area contributed by atoms with Crippen molar-refractivity contribution in [1.29, 1.82) is 0 Å². The van der Waals surface area contributed by atoms with E-state index in [1.54, 1.807) is 24.3 Å². The van der Waals surface area contributed by atoms with Gasteiger partial charge in [-0.1, -0.05) is 6.07 Å². The van der Waals surface area contributed by atoms with Crippen molar-refractivity contribution in [2.75, 3.05) is 5.32 Å². The predicted molar refractivity (Wildman–Crippen MR) is 93.4 cm³/mol. The van der Waals surface area contributed by atoms with Crippen molar-refractivity contribution in [3.05, 3.63) is 64.7 Å². The molecular formula is C20H20N2O2. The molecule has 2 amide bonds. The van der Waals surface area contributed by atoms with Crippen LogP contribution >= 0.6 is 0 Å². The smallest absolute Gasteiger partial charge is 0.255 e. The average Bonchev–Trinajstić information content (AvgIpc) is 3.28. The van der Waals surface area contributed by atoms with Gasteiger partial charge in [0.05, 0.1) is 0 Å². The maximum Gasteiger partial charge on any atom is 0.255 e. The molecule has 0 spiro atoms. The molecule has 24 heavy (non-hydrogen) atoms. The number of carbonyl (C=O) groups is 2. The summed E-state index contributed by atoms with van der Waals surface area (Å²) >= 11 is 0. The van der Waals surface area contributed by atoms with Gasteiger partial charge in [-0.15, -0.1) is 0 Å². The molecular weight excluding hydrogens is 300 g/mol. The highest BCUT2D eigenvalue weighted by atomic mass is 16.2. The second kappa shape index (κ2) is 6.11. The lowest BCUT2D eigenvalue weighted by molar-refractivity contribution is 0.0950.